The highest BCUT2D eigenvalue weighted by Gasteiger charge is 2.28. The van der Waals surface area contributed by atoms with Gasteiger partial charge < -0.3 is 10.1 Å². The van der Waals surface area contributed by atoms with E-state index in [9.17, 15) is 0 Å². The fourth-order valence-electron chi connectivity index (χ4n) is 3.14. The Morgan fingerprint density at radius 3 is 2.12 bits per heavy atom. The monoisotopic (exact) mass is 240 g/mol. The molecule has 0 amide bonds. The van der Waals surface area contributed by atoms with Gasteiger partial charge in [-0.2, -0.15) is 0 Å². The van der Waals surface area contributed by atoms with Crippen molar-refractivity contribution >= 4 is 0 Å². The summed E-state index contributed by atoms with van der Waals surface area (Å²) in [6, 6.07) is 1.55. The molecule has 1 N–H and O–H groups in total. The number of nitrogens with zero attached hydrogens (tertiary/aromatic N) is 1. The minimum Gasteiger partial charge on any atom is -0.379 e. The van der Waals surface area contributed by atoms with E-state index < -0.39 is 0 Å². The summed E-state index contributed by atoms with van der Waals surface area (Å²) in [4.78, 5) is 2.64. The van der Waals surface area contributed by atoms with E-state index in [1.165, 1.54) is 25.7 Å². The molecule has 3 heteroatoms. The maximum atomic E-state index is 5.42. The molecule has 3 nitrogen and oxygen atoms in total. The fraction of sp³-hybridized carbons (Fsp3) is 1.00. The topological polar surface area (TPSA) is 24.5 Å². The summed E-state index contributed by atoms with van der Waals surface area (Å²) in [6.07, 6.45) is 5.38. The molecule has 2 rings (SSSR count). The molecule has 1 saturated heterocycles. The molecule has 0 unspecified atom stereocenters. The van der Waals surface area contributed by atoms with E-state index >= 15 is 0 Å². The van der Waals surface area contributed by atoms with E-state index in [-0.39, 0.29) is 5.54 Å². The van der Waals surface area contributed by atoms with Crippen molar-refractivity contribution in [3.63, 3.8) is 0 Å². The van der Waals surface area contributed by atoms with Crippen LogP contribution in [-0.4, -0.2) is 48.8 Å². The minimum absolute atomic E-state index is 0.260. The zero-order chi connectivity index (χ0) is 12.3. The Kier molecular flexibility index (Phi) is 4.45. The molecule has 0 atom stereocenters. The number of hydrogen-bond acceptors (Lipinski definition) is 3. The van der Waals surface area contributed by atoms with Crippen molar-refractivity contribution < 1.29 is 4.74 Å². The normalized spacial score (nSPS) is 32.6. The number of rotatable bonds is 2. The van der Waals surface area contributed by atoms with E-state index in [0.717, 1.165) is 38.4 Å². The molecule has 0 aromatic carbocycles. The SMILES string of the molecule is CC(C)(C)N[C@H]1CC[C@H](N2CCOCC2)CC1. The lowest BCUT2D eigenvalue weighted by molar-refractivity contribution is 0.00594. The van der Waals surface area contributed by atoms with Gasteiger partial charge in [-0.15, -0.1) is 0 Å². The van der Waals surface area contributed by atoms with Crippen LogP contribution in [0.1, 0.15) is 46.5 Å². The highest BCUT2D eigenvalue weighted by Crippen LogP contribution is 2.25. The van der Waals surface area contributed by atoms with Crippen molar-refractivity contribution in [2.45, 2.75) is 64.1 Å². The second kappa shape index (κ2) is 5.68. The molecule has 2 fully saturated rings. The van der Waals surface area contributed by atoms with Gasteiger partial charge >= 0.3 is 0 Å². The highest BCUT2D eigenvalue weighted by molar-refractivity contribution is 4.86. The van der Waals surface area contributed by atoms with Crippen LogP contribution in [0.4, 0.5) is 0 Å². The van der Waals surface area contributed by atoms with Gasteiger partial charge in [0.2, 0.25) is 0 Å². The Bertz CT molecular complexity index is 223. The predicted molar refractivity (Wildman–Crippen MR) is 71.3 cm³/mol. The van der Waals surface area contributed by atoms with Crippen LogP contribution in [0, 0.1) is 0 Å². The summed E-state index contributed by atoms with van der Waals surface area (Å²) >= 11 is 0. The lowest BCUT2D eigenvalue weighted by atomic mass is 9.88. The van der Waals surface area contributed by atoms with Gasteiger partial charge in [0.05, 0.1) is 13.2 Å². The van der Waals surface area contributed by atoms with Crippen LogP contribution in [0.25, 0.3) is 0 Å². The van der Waals surface area contributed by atoms with E-state index in [4.69, 9.17) is 4.74 Å². The van der Waals surface area contributed by atoms with Crippen LogP contribution in [0.15, 0.2) is 0 Å². The van der Waals surface area contributed by atoms with Crippen molar-refractivity contribution in [2.24, 2.45) is 0 Å². The Labute approximate surface area is 106 Å². The first kappa shape index (κ1) is 13.3. The smallest absolute Gasteiger partial charge is 0.0594 e. The van der Waals surface area contributed by atoms with Gasteiger partial charge in [0.25, 0.3) is 0 Å². The zero-order valence-electron chi connectivity index (χ0n) is 11.7. The minimum atomic E-state index is 0.260. The van der Waals surface area contributed by atoms with E-state index in [1.807, 2.05) is 0 Å². The third kappa shape index (κ3) is 4.23. The number of morpholine rings is 1. The molecular formula is C14H28N2O. The largest absolute Gasteiger partial charge is 0.379 e. The standard InChI is InChI=1S/C14H28N2O/c1-14(2,3)15-12-4-6-13(7-5-12)16-8-10-17-11-9-16/h12-13,15H,4-11H2,1-3H3/t12-,13-. The van der Waals surface area contributed by atoms with Crippen LogP contribution in [0.3, 0.4) is 0 Å². The Hall–Kier alpha value is -0.120. The number of ether oxygens (including phenoxy) is 1. The quantitative estimate of drug-likeness (QED) is 0.799. The molecule has 0 aromatic heterocycles. The van der Waals surface area contributed by atoms with Crippen LogP contribution in [0.5, 0.6) is 0 Å². The summed E-state index contributed by atoms with van der Waals surface area (Å²) in [7, 11) is 0. The molecule has 100 valence electrons. The Morgan fingerprint density at radius 1 is 1.00 bits per heavy atom. The van der Waals surface area contributed by atoms with Gasteiger partial charge in [0.1, 0.15) is 0 Å². The van der Waals surface area contributed by atoms with Gasteiger partial charge in [-0.1, -0.05) is 0 Å². The van der Waals surface area contributed by atoms with E-state index in [2.05, 4.69) is 31.0 Å². The van der Waals surface area contributed by atoms with Crippen LogP contribution >= 0.6 is 0 Å². The summed E-state index contributed by atoms with van der Waals surface area (Å²) in [5.41, 5.74) is 0.260. The van der Waals surface area contributed by atoms with Crippen molar-refractivity contribution in [1.82, 2.24) is 10.2 Å². The fourth-order valence-corrected chi connectivity index (χ4v) is 3.14. The summed E-state index contributed by atoms with van der Waals surface area (Å²) < 4.78 is 5.42. The average molecular weight is 240 g/mol. The zero-order valence-corrected chi connectivity index (χ0v) is 11.7. The van der Waals surface area contributed by atoms with E-state index in [1.54, 1.807) is 0 Å². The van der Waals surface area contributed by atoms with Crippen molar-refractivity contribution in [2.75, 3.05) is 26.3 Å². The molecule has 17 heavy (non-hydrogen) atoms. The van der Waals surface area contributed by atoms with Crippen molar-refractivity contribution in [3.8, 4) is 0 Å². The predicted octanol–water partition coefficient (Wildman–Crippen LogP) is 2.02. The summed E-state index contributed by atoms with van der Waals surface area (Å²) in [5, 5.41) is 3.74. The molecule has 0 bridgehead atoms. The van der Waals surface area contributed by atoms with Gasteiger partial charge in [-0.3, -0.25) is 4.90 Å². The van der Waals surface area contributed by atoms with E-state index in [0.29, 0.717) is 0 Å². The molecule has 1 aliphatic heterocycles. The molecule has 0 spiro atoms. The number of nitrogens with one attached hydrogen (secondary N) is 1. The lowest BCUT2D eigenvalue weighted by Gasteiger charge is -2.40. The molecule has 2 aliphatic rings. The van der Waals surface area contributed by atoms with Gasteiger partial charge in [-0.05, 0) is 46.5 Å². The third-order valence-electron chi connectivity index (χ3n) is 3.90. The Morgan fingerprint density at radius 2 is 1.59 bits per heavy atom. The van der Waals surface area contributed by atoms with Crippen LogP contribution in [-0.2, 0) is 4.74 Å². The number of hydrogen-bond donors (Lipinski definition) is 1. The second-order valence-electron chi connectivity index (χ2n) is 6.55. The van der Waals surface area contributed by atoms with Crippen LogP contribution < -0.4 is 5.32 Å². The molecule has 0 aromatic rings. The maximum absolute atomic E-state index is 5.42. The van der Waals surface area contributed by atoms with Crippen LogP contribution in [0.2, 0.25) is 0 Å². The lowest BCUT2D eigenvalue weighted by Crippen LogP contribution is -2.50. The molecule has 1 heterocycles. The first-order valence-electron chi connectivity index (χ1n) is 7.14. The third-order valence-corrected chi connectivity index (χ3v) is 3.90. The first-order chi connectivity index (χ1) is 8.04. The van der Waals surface area contributed by atoms with Gasteiger partial charge in [0.15, 0.2) is 0 Å². The molecular weight excluding hydrogens is 212 g/mol. The average Bonchev–Trinajstić information content (AvgIpc) is 2.29. The highest BCUT2D eigenvalue weighted by atomic mass is 16.5. The van der Waals surface area contributed by atoms with Crippen molar-refractivity contribution in [3.05, 3.63) is 0 Å². The molecule has 1 aliphatic carbocycles. The Balaban J connectivity index is 1.73. The second-order valence-corrected chi connectivity index (χ2v) is 6.55. The summed E-state index contributed by atoms with van der Waals surface area (Å²) in [6.45, 7) is 10.9. The van der Waals surface area contributed by atoms with Gasteiger partial charge in [-0.25, -0.2) is 0 Å². The molecule has 0 radical (unpaired) electrons. The van der Waals surface area contributed by atoms with Gasteiger partial charge in [0, 0.05) is 30.7 Å². The first-order valence-corrected chi connectivity index (χ1v) is 7.14. The summed E-state index contributed by atoms with van der Waals surface area (Å²) in [5.74, 6) is 0. The molecule has 1 saturated carbocycles. The maximum Gasteiger partial charge on any atom is 0.0594 e. The van der Waals surface area contributed by atoms with Crippen molar-refractivity contribution in [1.29, 1.82) is 0 Å².